The molecular weight excluding hydrogens is 464 g/mol. The molecule has 0 atom stereocenters. The smallest absolute Gasteiger partial charge is 0.153 e. The molecule has 5 aromatic rings. The first-order valence-corrected chi connectivity index (χ1v) is 12.3. The molecule has 2 aromatic carbocycles. The van der Waals surface area contributed by atoms with Gasteiger partial charge in [-0.1, -0.05) is 25.5 Å². The van der Waals surface area contributed by atoms with Gasteiger partial charge in [0.15, 0.2) is 5.82 Å². The fourth-order valence-electron chi connectivity index (χ4n) is 4.13. The summed E-state index contributed by atoms with van der Waals surface area (Å²) in [5.74, 6) is -0.401. The average Bonchev–Trinajstić information content (AvgIpc) is 3.48. The summed E-state index contributed by atoms with van der Waals surface area (Å²) in [7, 11) is 1.91. The van der Waals surface area contributed by atoms with Crippen molar-refractivity contribution in [3.05, 3.63) is 95.6 Å². The molecule has 0 aliphatic heterocycles. The van der Waals surface area contributed by atoms with Crippen LogP contribution in [0, 0.1) is 11.6 Å². The lowest BCUT2D eigenvalue weighted by atomic mass is 10.0. The number of imidazole rings is 1. The molecule has 0 aliphatic rings. The van der Waals surface area contributed by atoms with Gasteiger partial charge in [0, 0.05) is 59.7 Å². The van der Waals surface area contributed by atoms with Crippen LogP contribution in [-0.4, -0.2) is 19.5 Å². The predicted molar refractivity (Wildman–Crippen MR) is 137 cm³/mol. The van der Waals surface area contributed by atoms with Crippen molar-refractivity contribution in [2.24, 2.45) is 7.05 Å². The molecule has 0 aliphatic carbocycles. The van der Waals surface area contributed by atoms with Crippen molar-refractivity contribution in [3.63, 3.8) is 0 Å². The molecule has 0 saturated carbocycles. The first-order chi connectivity index (χ1) is 17.0. The largest absolute Gasteiger partial charge is 0.346 e. The van der Waals surface area contributed by atoms with Gasteiger partial charge < -0.3 is 14.3 Å². The molecule has 3 heterocycles. The first kappa shape index (κ1) is 23.1. The molecule has 0 saturated heterocycles. The third-order valence-electron chi connectivity index (χ3n) is 5.99. The number of hydrogen-bond donors (Lipinski definition) is 2. The molecule has 3 aromatic heterocycles. The lowest BCUT2D eigenvalue weighted by Crippen LogP contribution is -2.01. The van der Waals surface area contributed by atoms with Crippen LogP contribution in [0.25, 0.3) is 22.4 Å². The maximum atomic E-state index is 15.4. The summed E-state index contributed by atoms with van der Waals surface area (Å²) in [5, 5.41) is 0.809. The fraction of sp³-hybridized carbons (Fsp3) is 0.185. The van der Waals surface area contributed by atoms with Gasteiger partial charge in [-0.3, -0.25) is 0 Å². The molecule has 178 valence electrons. The quantitative estimate of drug-likeness (QED) is 0.233. The Bertz CT molecular complexity index is 1470. The molecule has 8 heteroatoms. The van der Waals surface area contributed by atoms with Gasteiger partial charge in [-0.25, -0.2) is 18.7 Å². The van der Waals surface area contributed by atoms with Crippen LogP contribution < -0.4 is 4.72 Å². The molecule has 35 heavy (non-hydrogen) atoms. The molecule has 0 radical (unpaired) electrons. The van der Waals surface area contributed by atoms with Crippen LogP contribution in [0.1, 0.15) is 30.0 Å². The summed E-state index contributed by atoms with van der Waals surface area (Å²) >= 11 is 1.30. The van der Waals surface area contributed by atoms with Crippen LogP contribution in [0.15, 0.2) is 72.1 Å². The Morgan fingerprint density at radius 1 is 1.09 bits per heavy atom. The van der Waals surface area contributed by atoms with E-state index in [1.54, 1.807) is 18.6 Å². The zero-order valence-corrected chi connectivity index (χ0v) is 20.3. The van der Waals surface area contributed by atoms with Crippen LogP contribution in [0.5, 0.6) is 0 Å². The van der Waals surface area contributed by atoms with Crippen molar-refractivity contribution in [2.45, 2.75) is 31.1 Å². The molecule has 2 N–H and O–H groups in total. The zero-order chi connectivity index (χ0) is 24.4. The molecule has 0 unspecified atom stereocenters. The van der Waals surface area contributed by atoms with E-state index in [1.807, 2.05) is 36.0 Å². The molecule has 0 fully saturated rings. The second-order valence-corrected chi connectivity index (χ2v) is 9.34. The molecule has 5 nitrogen and oxygen atoms in total. The van der Waals surface area contributed by atoms with E-state index in [0.29, 0.717) is 5.65 Å². The maximum Gasteiger partial charge on any atom is 0.153 e. The van der Waals surface area contributed by atoms with Crippen LogP contribution in [-0.2, 0) is 19.9 Å². The minimum Gasteiger partial charge on any atom is -0.346 e. The standard InChI is InChI=1S/C27H25F2N5S/c1-3-4-17-5-7-20(8-6-17)35-33-24-10-9-23(28)22(25(24)29)13-18-15-31-26-21(18)14-19(16-32-26)27-30-11-12-34(27)2/h5-12,14-16,33H,3-4,13H2,1-2H3,(H,31,32). The van der Waals surface area contributed by atoms with Crippen LogP contribution in [0.4, 0.5) is 14.5 Å². The van der Waals surface area contributed by atoms with Gasteiger partial charge in [0.1, 0.15) is 17.3 Å². The molecule has 5 rings (SSSR count). The minimum atomic E-state index is -0.595. The van der Waals surface area contributed by atoms with E-state index in [2.05, 4.69) is 38.7 Å². The summed E-state index contributed by atoms with van der Waals surface area (Å²) < 4.78 is 35.1. The number of hydrogen-bond acceptors (Lipinski definition) is 4. The second kappa shape index (κ2) is 9.92. The van der Waals surface area contributed by atoms with E-state index in [1.165, 1.54) is 29.6 Å². The van der Waals surface area contributed by atoms with Gasteiger partial charge in [0.25, 0.3) is 0 Å². The highest BCUT2D eigenvalue weighted by atomic mass is 32.2. The van der Waals surface area contributed by atoms with Gasteiger partial charge in [-0.15, -0.1) is 0 Å². The van der Waals surface area contributed by atoms with Crippen molar-refractivity contribution < 1.29 is 8.78 Å². The topological polar surface area (TPSA) is 58.5 Å². The Hall–Kier alpha value is -3.65. The maximum absolute atomic E-state index is 15.4. The van der Waals surface area contributed by atoms with Gasteiger partial charge >= 0.3 is 0 Å². The number of aromatic amines is 1. The third kappa shape index (κ3) is 4.79. The van der Waals surface area contributed by atoms with Crippen LogP contribution >= 0.6 is 11.9 Å². The van der Waals surface area contributed by atoms with Crippen molar-refractivity contribution in [3.8, 4) is 11.4 Å². The second-order valence-electron chi connectivity index (χ2n) is 8.46. The van der Waals surface area contributed by atoms with Crippen molar-refractivity contribution in [2.75, 3.05) is 4.72 Å². The highest BCUT2D eigenvalue weighted by Gasteiger charge is 2.17. The van der Waals surface area contributed by atoms with Crippen molar-refractivity contribution >= 4 is 28.7 Å². The number of pyridine rings is 1. The van der Waals surface area contributed by atoms with E-state index >= 15 is 4.39 Å². The van der Waals surface area contributed by atoms with Gasteiger partial charge in [0.05, 0.1) is 5.69 Å². The van der Waals surface area contributed by atoms with E-state index < -0.39 is 11.6 Å². The number of H-pyrrole nitrogens is 1. The van der Waals surface area contributed by atoms with Crippen LogP contribution in [0.2, 0.25) is 0 Å². The fourth-order valence-corrected chi connectivity index (χ4v) is 4.78. The monoisotopic (exact) mass is 489 g/mol. The molecular formula is C27H25F2N5S. The SMILES string of the molecule is CCCc1ccc(SNc2ccc(F)c(Cc3c[nH]c4ncc(-c5nccn5C)cc34)c2F)cc1. The van der Waals surface area contributed by atoms with Gasteiger partial charge in [-0.05, 0) is 59.8 Å². The predicted octanol–water partition coefficient (Wildman–Crippen LogP) is 6.90. The normalized spacial score (nSPS) is 11.3. The van der Waals surface area contributed by atoms with E-state index in [-0.39, 0.29) is 17.7 Å². The van der Waals surface area contributed by atoms with Gasteiger partial charge in [-0.2, -0.15) is 0 Å². The number of rotatable bonds is 8. The van der Waals surface area contributed by atoms with E-state index in [4.69, 9.17) is 0 Å². The summed E-state index contributed by atoms with van der Waals surface area (Å²) in [6, 6.07) is 12.8. The highest BCUT2D eigenvalue weighted by Crippen LogP contribution is 2.30. The summed E-state index contributed by atoms with van der Waals surface area (Å²) in [4.78, 5) is 12.9. The zero-order valence-electron chi connectivity index (χ0n) is 19.5. The Kier molecular flexibility index (Phi) is 6.55. The van der Waals surface area contributed by atoms with Crippen molar-refractivity contribution in [1.29, 1.82) is 0 Å². The Balaban J connectivity index is 1.39. The number of fused-ring (bicyclic) bond motifs is 1. The van der Waals surface area contributed by atoms with Crippen LogP contribution in [0.3, 0.4) is 0 Å². The summed E-state index contributed by atoms with van der Waals surface area (Å²) in [6.45, 7) is 2.14. The number of anilines is 1. The number of benzene rings is 2. The van der Waals surface area contributed by atoms with E-state index in [0.717, 1.165) is 40.1 Å². The number of aromatic nitrogens is 4. The molecule has 0 bridgehead atoms. The van der Waals surface area contributed by atoms with Gasteiger partial charge in [0.2, 0.25) is 0 Å². The number of aryl methyl sites for hydroxylation is 2. The Morgan fingerprint density at radius 2 is 1.91 bits per heavy atom. The Labute approximate surface area is 206 Å². The number of nitrogens with one attached hydrogen (secondary N) is 2. The third-order valence-corrected chi connectivity index (χ3v) is 6.82. The molecule has 0 amide bonds. The summed E-state index contributed by atoms with van der Waals surface area (Å²) in [6.07, 6.45) is 9.28. The Morgan fingerprint density at radius 3 is 2.66 bits per heavy atom. The average molecular weight is 490 g/mol. The first-order valence-electron chi connectivity index (χ1n) is 11.5. The highest BCUT2D eigenvalue weighted by molar-refractivity contribution is 8.00. The summed E-state index contributed by atoms with van der Waals surface area (Å²) in [5.41, 5.74) is 3.79. The minimum absolute atomic E-state index is 0.0113. The van der Waals surface area contributed by atoms with E-state index in [9.17, 15) is 4.39 Å². The lowest BCUT2D eigenvalue weighted by Gasteiger charge is -2.11. The molecule has 0 spiro atoms. The van der Waals surface area contributed by atoms with Crippen molar-refractivity contribution in [1.82, 2.24) is 19.5 Å². The number of nitrogens with zero attached hydrogens (tertiary/aromatic N) is 3. The number of halogens is 2. The lowest BCUT2D eigenvalue weighted by molar-refractivity contribution is 0.565.